The molecule has 1 rings (SSSR count). The molecule has 0 aliphatic heterocycles. The first-order chi connectivity index (χ1) is 8.56. The molecule has 1 aromatic carbocycles. The van der Waals surface area contributed by atoms with Gasteiger partial charge in [-0.1, -0.05) is 28.1 Å². The summed E-state index contributed by atoms with van der Waals surface area (Å²) in [6, 6.07) is 5.08. The Labute approximate surface area is 113 Å². The van der Waals surface area contributed by atoms with Crippen molar-refractivity contribution in [2.75, 3.05) is 12.4 Å². The summed E-state index contributed by atoms with van der Waals surface area (Å²) in [6.07, 6.45) is 0.000865. The summed E-state index contributed by atoms with van der Waals surface area (Å²) in [5.41, 5.74) is 0.649. The molecular formula is C12H13BrFNO3. The Bertz CT molecular complexity index is 404. The summed E-state index contributed by atoms with van der Waals surface area (Å²) >= 11 is 3.02. The topological polar surface area (TPSA) is 55.4 Å². The fraction of sp³-hybridized carbons (Fsp3) is 0.333. The Hall–Kier alpha value is -1.43. The second kappa shape index (κ2) is 7.10. The van der Waals surface area contributed by atoms with Crippen LogP contribution in [0.5, 0.6) is 0 Å². The Morgan fingerprint density at radius 2 is 2.00 bits per heavy atom. The van der Waals surface area contributed by atoms with E-state index in [0.29, 0.717) is 5.56 Å². The number of ether oxygens (including phenoxy) is 1. The molecule has 1 N–H and O–H groups in total. The molecule has 0 aliphatic carbocycles. The molecule has 18 heavy (non-hydrogen) atoms. The molecule has 0 bridgehead atoms. The zero-order valence-corrected chi connectivity index (χ0v) is 11.4. The quantitative estimate of drug-likeness (QED) is 0.667. The van der Waals surface area contributed by atoms with E-state index in [-0.39, 0.29) is 23.5 Å². The van der Waals surface area contributed by atoms with Gasteiger partial charge in [-0.2, -0.15) is 0 Å². The van der Waals surface area contributed by atoms with Crippen molar-refractivity contribution in [2.45, 2.75) is 12.5 Å². The molecule has 0 spiro atoms. The molecule has 1 amide bonds. The van der Waals surface area contributed by atoms with Crippen LogP contribution in [0.2, 0.25) is 0 Å². The average molecular weight is 318 g/mol. The van der Waals surface area contributed by atoms with Crippen LogP contribution in [-0.2, 0) is 14.3 Å². The number of rotatable bonds is 5. The lowest BCUT2D eigenvalue weighted by atomic mass is 10.0. The van der Waals surface area contributed by atoms with Crippen LogP contribution in [0.3, 0.4) is 0 Å². The normalized spacial score (nSPS) is 11.7. The van der Waals surface area contributed by atoms with Crippen molar-refractivity contribution in [2.24, 2.45) is 0 Å². The monoisotopic (exact) mass is 317 g/mol. The number of benzene rings is 1. The fourth-order valence-electron chi connectivity index (χ4n) is 1.43. The van der Waals surface area contributed by atoms with Crippen LogP contribution in [0, 0.1) is 5.82 Å². The van der Waals surface area contributed by atoms with Crippen LogP contribution < -0.4 is 5.32 Å². The van der Waals surface area contributed by atoms with Gasteiger partial charge in [0, 0.05) is 0 Å². The van der Waals surface area contributed by atoms with E-state index in [0.717, 1.165) is 0 Å². The number of carbonyl (C=O) groups excluding carboxylic acids is 2. The van der Waals surface area contributed by atoms with E-state index < -0.39 is 12.0 Å². The molecule has 4 nitrogen and oxygen atoms in total. The zero-order valence-electron chi connectivity index (χ0n) is 9.78. The highest BCUT2D eigenvalue weighted by Crippen LogP contribution is 2.18. The minimum atomic E-state index is -0.525. The first-order valence-electron chi connectivity index (χ1n) is 5.24. The highest BCUT2D eigenvalue weighted by atomic mass is 79.9. The first kappa shape index (κ1) is 14.6. The number of amides is 1. The summed E-state index contributed by atoms with van der Waals surface area (Å²) in [5.74, 6) is -1.07. The molecule has 1 atom stereocenters. The molecule has 98 valence electrons. The molecule has 1 aromatic rings. The van der Waals surface area contributed by atoms with Crippen LogP contribution in [0.4, 0.5) is 4.39 Å². The Kier molecular flexibility index (Phi) is 5.77. The van der Waals surface area contributed by atoms with Gasteiger partial charge < -0.3 is 10.1 Å². The summed E-state index contributed by atoms with van der Waals surface area (Å²) in [5, 5.41) is 2.79. The van der Waals surface area contributed by atoms with Gasteiger partial charge in [-0.3, -0.25) is 9.59 Å². The molecule has 0 aliphatic rings. The zero-order chi connectivity index (χ0) is 13.5. The number of hydrogen-bond donors (Lipinski definition) is 1. The number of carbonyl (C=O) groups is 2. The maximum Gasteiger partial charge on any atom is 0.307 e. The number of nitrogens with one attached hydrogen (secondary N) is 1. The lowest BCUT2D eigenvalue weighted by Crippen LogP contribution is -2.31. The minimum absolute atomic E-state index is 0.000865. The average Bonchev–Trinajstić information content (AvgIpc) is 2.38. The number of methoxy groups -OCH3 is 1. The molecule has 0 fully saturated rings. The van der Waals surface area contributed by atoms with E-state index in [2.05, 4.69) is 26.0 Å². The van der Waals surface area contributed by atoms with Crippen LogP contribution in [-0.4, -0.2) is 24.3 Å². The lowest BCUT2D eigenvalue weighted by Gasteiger charge is -2.17. The van der Waals surface area contributed by atoms with E-state index in [1.54, 1.807) is 0 Å². The molecule has 0 radical (unpaired) electrons. The van der Waals surface area contributed by atoms with Crippen LogP contribution >= 0.6 is 15.9 Å². The highest BCUT2D eigenvalue weighted by Gasteiger charge is 2.18. The van der Waals surface area contributed by atoms with E-state index in [1.807, 2.05) is 0 Å². The summed E-state index contributed by atoms with van der Waals surface area (Å²) in [4.78, 5) is 22.6. The van der Waals surface area contributed by atoms with Gasteiger partial charge in [0.25, 0.3) is 0 Å². The Morgan fingerprint density at radius 1 is 1.39 bits per heavy atom. The summed E-state index contributed by atoms with van der Waals surface area (Å²) in [7, 11) is 1.27. The van der Waals surface area contributed by atoms with Crippen LogP contribution in [0.1, 0.15) is 18.0 Å². The van der Waals surface area contributed by atoms with Gasteiger partial charge in [-0.25, -0.2) is 4.39 Å². The van der Waals surface area contributed by atoms with Crippen LogP contribution in [0.25, 0.3) is 0 Å². The van der Waals surface area contributed by atoms with Crippen LogP contribution in [0.15, 0.2) is 24.3 Å². The second-order valence-corrected chi connectivity index (χ2v) is 4.15. The molecule has 0 aromatic heterocycles. The van der Waals surface area contributed by atoms with Gasteiger partial charge in [-0.15, -0.1) is 0 Å². The number of alkyl halides is 1. The van der Waals surface area contributed by atoms with Crippen molar-refractivity contribution >= 4 is 27.8 Å². The highest BCUT2D eigenvalue weighted by molar-refractivity contribution is 9.09. The number of esters is 1. The SMILES string of the molecule is COC(=O)C[C@H](NC(=O)CBr)c1ccc(F)cc1. The van der Waals surface area contributed by atoms with Gasteiger partial charge >= 0.3 is 5.97 Å². The van der Waals surface area contributed by atoms with Crippen molar-refractivity contribution in [3.05, 3.63) is 35.6 Å². The number of hydrogen-bond acceptors (Lipinski definition) is 3. The molecule has 0 heterocycles. The van der Waals surface area contributed by atoms with E-state index in [4.69, 9.17) is 0 Å². The smallest absolute Gasteiger partial charge is 0.307 e. The van der Waals surface area contributed by atoms with E-state index in [9.17, 15) is 14.0 Å². The predicted octanol–water partition coefficient (Wildman–Crippen LogP) is 1.94. The van der Waals surface area contributed by atoms with Gasteiger partial charge in [0.1, 0.15) is 5.82 Å². The minimum Gasteiger partial charge on any atom is -0.469 e. The summed E-state index contributed by atoms with van der Waals surface area (Å²) in [6.45, 7) is 0. The van der Waals surface area contributed by atoms with E-state index in [1.165, 1.54) is 31.4 Å². The van der Waals surface area contributed by atoms with Gasteiger partial charge in [-0.05, 0) is 17.7 Å². The maximum atomic E-state index is 12.8. The van der Waals surface area contributed by atoms with Crippen molar-refractivity contribution < 1.29 is 18.7 Å². The van der Waals surface area contributed by atoms with Gasteiger partial charge in [0.05, 0.1) is 24.9 Å². The molecule has 0 saturated heterocycles. The second-order valence-electron chi connectivity index (χ2n) is 3.59. The fourth-order valence-corrected chi connectivity index (χ4v) is 1.59. The third-order valence-corrected chi connectivity index (χ3v) is 2.84. The number of halogens is 2. The standard InChI is InChI=1S/C12H13BrFNO3/c1-18-12(17)6-10(15-11(16)7-13)8-2-4-9(14)5-3-8/h2-5,10H,6-7H2,1H3,(H,15,16)/t10-/m0/s1. The Balaban J connectivity index is 2.85. The molecular weight excluding hydrogens is 305 g/mol. The van der Waals surface area contributed by atoms with Crippen molar-refractivity contribution in [1.82, 2.24) is 5.32 Å². The summed E-state index contributed by atoms with van der Waals surface area (Å²) < 4.78 is 17.4. The lowest BCUT2D eigenvalue weighted by molar-refractivity contribution is -0.141. The molecule has 6 heteroatoms. The van der Waals surface area contributed by atoms with Crippen molar-refractivity contribution in [1.29, 1.82) is 0 Å². The van der Waals surface area contributed by atoms with Crippen molar-refractivity contribution in [3.63, 3.8) is 0 Å². The van der Waals surface area contributed by atoms with Gasteiger partial charge in [0.2, 0.25) is 5.91 Å². The Morgan fingerprint density at radius 3 is 2.50 bits per heavy atom. The molecule has 0 unspecified atom stereocenters. The molecule has 0 saturated carbocycles. The van der Waals surface area contributed by atoms with Crippen molar-refractivity contribution in [3.8, 4) is 0 Å². The maximum absolute atomic E-state index is 12.8. The van der Waals surface area contributed by atoms with E-state index >= 15 is 0 Å². The largest absolute Gasteiger partial charge is 0.469 e. The van der Waals surface area contributed by atoms with Gasteiger partial charge in [0.15, 0.2) is 0 Å². The predicted molar refractivity (Wildman–Crippen MR) is 67.7 cm³/mol. The first-order valence-corrected chi connectivity index (χ1v) is 6.36. The third-order valence-electron chi connectivity index (χ3n) is 2.33. The third kappa shape index (κ3) is 4.44.